The molecule has 1 unspecified atom stereocenters. The lowest BCUT2D eigenvalue weighted by atomic mass is 10.1. The van der Waals surface area contributed by atoms with E-state index in [0.717, 1.165) is 0 Å². The molecule has 20 heavy (non-hydrogen) atoms. The number of carbonyl (C=O) groups excluding carboxylic acids is 1. The average molecular weight is 338 g/mol. The van der Waals surface area contributed by atoms with Gasteiger partial charge in [-0.15, -0.1) is 0 Å². The van der Waals surface area contributed by atoms with Gasteiger partial charge in [0.05, 0.1) is 10.0 Å². The van der Waals surface area contributed by atoms with Crippen molar-refractivity contribution in [1.29, 1.82) is 0 Å². The van der Waals surface area contributed by atoms with Crippen LogP contribution in [0, 0.1) is 0 Å². The van der Waals surface area contributed by atoms with Gasteiger partial charge in [-0.1, -0.05) is 23.2 Å². The fourth-order valence-corrected chi connectivity index (χ4v) is 4.43. The normalized spacial score (nSPS) is 19.7. The molecule has 1 aliphatic rings. The van der Waals surface area contributed by atoms with Crippen LogP contribution in [0.5, 0.6) is 0 Å². The molecule has 1 aromatic carbocycles. The molecule has 2 rings (SSSR count). The molecule has 4 N–H and O–H groups in total. The maximum atomic E-state index is 12.3. The minimum atomic E-state index is -4.00. The molecule has 0 bridgehead atoms. The quantitative estimate of drug-likeness (QED) is 0.719. The molecule has 1 aliphatic heterocycles. The minimum absolute atomic E-state index is 0.0845. The number of benzene rings is 1. The Morgan fingerprint density at radius 2 is 1.90 bits per heavy atom. The molecular formula is C11H13Cl2N3O3S. The molecular weight excluding hydrogens is 325 g/mol. The summed E-state index contributed by atoms with van der Waals surface area (Å²) in [7, 11) is -4.00. The van der Waals surface area contributed by atoms with Crippen LogP contribution in [0.4, 0.5) is 5.69 Å². The Labute approximate surface area is 126 Å². The van der Waals surface area contributed by atoms with Crippen LogP contribution in [0.1, 0.15) is 12.8 Å². The van der Waals surface area contributed by atoms with E-state index in [-0.39, 0.29) is 26.5 Å². The van der Waals surface area contributed by atoms with Crippen molar-refractivity contribution in [3.05, 3.63) is 22.2 Å². The van der Waals surface area contributed by atoms with Crippen molar-refractivity contribution in [2.24, 2.45) is 0 Å². The van der Waals surface area contributed by atoms with Crippen LogP contribution in [-0.2, 0) is 14.8 Å². The van der Waals surface area contributed by atoms with Gasteiger partial charge in [0.25, 0.3) is 0 Å². The number of rotatable bonds is 3. The Morgan fingerprint density at radius 3 is 2.45 bits per heavy atom. The molecule has 1 heterocycles. The van der Waals surface area contributed by atoms with Crippen molar-refractivity contribution in [1.82, 2.24) is 10.0 Å². The predicted molar refractivity (Wildman–Crippen MR) is 77.2 cm³/mol. The van der Waals surface area contributed by atoms with E-state index < -0.39 is 16.1 Å². The molecule has 1 atom stereocenters. The number of amides is 1. The third kappa shape index (κ3) is 3.17. The highest BCUT2D eigenvalue weighted by Crippen LogP contribution is 2.32. The van der Waals surface area contributed by atoms with Crippen LogP contribution in [0.3, 0.4) is 0 Å². The molecule has 0 radical (unpaired) electrons. The summed E-state index contributed by atoms with van der Waals surface area (Å²) in [6, 6.07) is 1.77. The van der Waals surface area contributed by atoms with Crippen molar-refractivity contribution >= 4 is 44.8 Å². The number of nitrogens with one attached hydrogen (secondary N) is 2. The number of piperidine rings is 1. The molecule has 0 aliphatic carbocycles. The first-order valence-corrected chi connectivity index (χ1v) is 8.10. The second-order valence-corrected chi connectivity index (χ2v) is 6.89. The highest BCUT2D eigenvalue weighted by atomic mass is 35.5. The Kier molecular flexibility index (Phi) is 4.43. The van der Waals surface area contributed by atoms with Gasteiger partial charge in [-0.05, 0) is 25.0 Å². The largest absolute Gasteiger partial charge is 0.399 e. The van der Waals surface area contributed by atoms with Crippen molar-refractivity contribution in [3.8, 4) is 0 Å². The Balaban J connectivity index is 2.33. The van der Waals surface area contributed by atoms with Crippen LogP contribution in [0.25, 0.3) is 0 Å². The van der Waals surface area contributed by atoms with Gasteiger partial charge in [-0.25, -0.2) is 8.42 Å². The molecule has 0 spiro atoms. The third-order valence-electron chi connectivity index (χ3n) is 2.87. The number of carbonyl (C=O) groups is 1. The summed E-state index contributed by atoms with van der Waals surface area (Å²) in [6.07, 6.45) is 1.12. The van der Waals surface area contributed by atoms with Gasteiger partial charge in [0.2, 0.25) is 15.9 Å². The van der Waals surface area contributed by atoms with Crippen LogP contribution in [0.15, 0.2) is 17.0 Å². The summed E-state index contributed by atoms with van der Waals surface area (Å²) < 4.78 is 26.9. The highest BCUT2D eigenvalue weighted by Gasteiger charge is 2.30. The van der Waals surface area contributed by atoms with Crippen molar-refractivity contribution < 1.29 is 13.2 Å². The zero-order valence-electron chi connectivity index (χ0n) is 10.3. The molecule has 0 saturated carbocycles. The van der Waals surface area contributed by atoms with Crippen molar-refractivity contribution in [2.75, 3.05) is 12.3 Å². The van der Waals surface area contributed by atoms with Crippen LogP contribution in [-0.4, -0.2) is 26.9 Å². The molecule has 9 heteroatoms. The van der Waals surface area contributed by atoms with E-state index in [4.69, 9.17) is 28.9 Å². The van der Waals surface area contributed by atoms with Crippen molar-refractivity contribution in [2.45, 2.75) is 23.8 Å². The Bertz CT molecular complexity index is 625. The van der Waals surface area contributed by atoms with Crippen LogP contribution in [0.2, 0.25) is 10.0 Å². The first-order chi connectivity index (χ1) is 9.31. The van der Waals surface area contributed by atoms with E-state index >= 15 is 0 Å². The number of hydrogen-bond donors (Lipinski definition) is 3. The lowest BCUT2D eigenvalue weighted by Gasteiger charge is -2.23. The summed E-state index contributed by atoms with van der Waals surface area (Å²) in [6.45, 7) is 0.542. The number of hydrogen-bond acceptors (Lipinski definition) is 4. The number of nitrogen functional groups attached to an aromatic ring is 1. The van der Waals surface area contributed by atoms with E-state index in [1.165, 1.54) is 12.1 Å². The van der Waals surface area contributed by atoms with Crippen molar-refractivity contribution in [3.63, 3.8) is 0 Å². The van der Waals surface area contributed by atoms with Gasteiger partial charge in [-0.3, -0.25) is 4.79 Å². The second kappa shape index (κ2) is 5.77. The van der Waals surface area contributed by atoms with E-state index in [2.05, 4.69) is 10.0 Å². The fraction of sp³-hybridized carbons (Fsp3) is 0.364. The number of nitrogens with two attached hydrogens (primary N) is 1. The van der Waals surface area contributed by atoms with Gasteiger partial charge in [0.15, 0.2) is 0 Å². The zero-order valence-corrected chi connectivity index (χ0v) is 12.6. The topological polar surface area (TPSA) is 101 Å². The standard InChI is InChI=1S/C11H13Cl2N3O3S/c12-7-4-6(14)5-8(13)10(7)20(18,19)16-9-2-1-3-15-11(9)17/h4-5,9,16H,1-3,14H2,(H,15,17). The molecule has 1 aromatic rings. The molecule has 6 nitrogen and oxygen atoms in total. The van der Waals surface area contributed by atoms with Crippen LogP contribution < -0.4 is 15.8 Å². The Hall–Kier alpha value is -1.02. The molecule has 1 amide bonds. The average Bonchev–Trinajstić information content (AvgIpc) is 2.30. The van der Waals surface area contributed by atoms with E-state index in [0.29, 0.717) is 19.4 Å². The Morgan fingerprint density at radius 1 is 1.30 bits per heavy atom. The van der Waals surface area contributed by atoms with Gasteiger partial charge < -0.3 is 11.1 Å². The lowest BCUT2D eigenvalue weighted by molar-refractivity contribution is -0.124. The van der Waals surface area contributed by atoms with E-state index in [1.54, 1.807) is 0 Å². The first kappa shape index (κ1) is 15.4. The second-order valence-electron chi connectivity index (χ2n) is 4.42. The molecule has 0 aromatic heterocycles. The zero-order chi connectivity index (χ0) is 14.9. The maximum absolute atomic E-state index is 12.3. The van der Waals surface area contributed by atoms with E-state index in [1.807, 2.05) is 0 Å². The predicted octanol–water partition coefficient (Wildman–Crippen LogP) is 1.13. The van der Waals surface area contributed by atoms with E-state index in [9.17, 15) is 13.2 Å². The summed E-state index contributed by atoms with van der Waals surface area (Å²) in [5.41, 5.74) is 5.79. The summed E-state index contributed by atoms with van der Waals surface area (Å²) >= 11 is 11.8. The molecule has 1 saturated heterocycles. The first-order valence-electron chi connectivity index (χ1n) is 5.86. The lowest BCUT2D eigenvalue weighted by Crippen LogP contribution is -2.50. The van der Waals surface area contributed by atoms with Gasteiger partial charge in [-0.2, -0.15) is 4.72 Å². The van der Waals surface area contributed by atoms with Crippen LogP contribution >= 0.6 is 23.2 Å². The number of halogens is 2. The third-order valence-corrected chi connectivity index (χ3v) is 5.26. The monoisotopic (exact) mass is 337 g/mol. The summed E-state index contributed by atoms with van der Waals surface area (Å²) in [4.78, 5) is 11.3. The maximum Gasteiger partial charge on any atom is 0.244 e. The number of anilines is 1. The summed E-state index contributed by atoms with van der Waals surface area (Å²) in [5.74, 6) is -0.359. The fourth-order valence-electron chi connectivity index (χ4n) is 1.97. The highest BCUT2D eigenvalue weighted by molar-refractivity contribution is 7.89. The number of sulfonamides is 1. The minimum Gasteiger partial charge on any atom is -0.399 e. The summed E-state index contributed by atoms with van der Waals surface area (Å²) in [5, 5.41) is 2.42. The van der Waals surface area contributed by atoms with Gasteiger partial charge in [0.1, 0.15) is 10.9 Å². The molecule has 1 fully saturated rings. The smallest absolute Gasteiger partial charge is 0.244 e. The molecule has 110 valence electrons. The van der Waals surface area contributed by atoms with Gasteiger partial charge in [0, 0.05) is 12.2 Å². The van der Waals surface area contributed by atoms with Gasteiger partial charge >= 0.3 is 0 Å². The SMILES string of the molecule is Nc1cc(Cl)c(S(=O)(=O)NC2CCCNC2=O)c(Cl)c1.